The second kappa shape index (κ2) is 10.4. The van der Waals surface area contributed by atoms with Crippen LogP contribution in [0.25, 0.3) is 10.9 Å². The number of furan rings is 1. The van der Waals surface area contributed by atoms with Gasteiger partial charge in [-0.15, -0.1) is 11.3 Å². The number of aliphatic imine (C=N–C) groups is 1. The van der Waals surface area contributed by atoms with Crippen molar-refractivity contribution in [3.8, 4) is 0 Å². The number of aryl methyl sites for hydroxylation is 1. The number of rotatable bonds is 7. The molecule has 0 atom stereocenters. The molecule has 0 radical (unpaired) electrons. The number of carbonyl (C=O) groups excluding carboxylic acids is 1. The van der Waals surface area contributed by atoms with E-state index in [1.54, 1.807) is 23.7 Å². The second-order valence-electron chi connectivity index (χ2n) is 9.61. The molecule has 0 unspecified atom stereocenters. The molecule has 5 aromatic rings. The molecular formula is C31H28FN3O2S. The lowest BCUT2D eigenvalue weighted by Gasteiger charge is -2.12. The third-order valence-corrected chi connectivity index (χ3v) is 8.46. The van der Waals surface area contributed by atoms with Gasteiger partial charge in [0.05, 0.1) is 24.9 Å². The highest BCUT2D eigenvalue weighted by molar-refractivity contribution is 7.16. The molecule has 0 fully saturated rings. The average Bonchev–Trinajstić information content (AvgIpc) is 3.65. The van der Waals surface area contributed by atoms with Gasteiger partial charge in [-0.3, -0.25) is 4.79 Å². The summed E-state index contributed by atoms with van der Waals surface area (Å²) in [5, 5.41) is 4.80. The van der Waals surface area contributed by atoms with Crippen molar-refractivity contribution in [2.24, 2.45) is 4.99 Å². The molecule has 1 aliphatic carbocycles. The van der Waals surface area contributed by atoms with E-state index >= 15 is 0 Å². The summed E-state index contributed by atoms with van der Waals surface area (Å²) in [6.45, 7) is 2.81. The average molecular weight is 526 g/mol. The number of thiophene rings is 1. The summed E-state index contributed by atoms with van der Waals surface area (Å²) in [5.74, 6) is 0.381. The van der Waals surface area contributed by atoms with Crippen molar-refractivity contribution in [1.29, 1.82) is 0 Å². The number of nitrogens with one attached hydrogen (secondary N) is 1. The maximum atomic E-state index is 14.5. The molecule has 1 amide bonds. The summed E-state index contributed by atoms with van der Waals surface area (Å²) < 4.78 is 22.0. The number of hydrogen-bond acceptors (Lipinski definition) is 4. The van der Waals surface area contributed by atoms with Crippen LogP contribution in [-0.4, -0.2) is 16.7 Å². The molecule has 0 aliphatic heterocycles. The van der Waals surface area contributed by atoms with E-state index in [1.807, 2.05) is 49.5 Å². The third-order valence-electron chi connectivity index (χ3n) is 7.26. The molecule has 38 heavy (non-hydrogen) atoms. The van der Waals surface area contributed by atoms with E-state index in [2.05, 4.69) is 22.0 Å². The van der Waals surface area contributed by atoms with E-state index < -0.39 is 0 Å². The lowest BCUT2D eigenvalue weighted by Crippen LogP contribution is -2.23. The zero-order valence-electron chi connectivity index (χ0n) is 21.2. The lowest BCUT2D eigenvalue weighted by atomic mass is 9.95. The van der Waals surface area contributed by atoms with Crippen molar-refractivity contribution in [3.63, 3.8) is 0 Å². The first-order valence-electron chi connectivity index (χ1n) is 12.9. The molecule has 1 N–H and O–H groups in total. The zero-order valence-corrected chi connectivity index (χ0v) is 22.0. The van der Waals surface area contributed by atoms with Crippen molar-refractivity contribution in [2.75, 3.05) is 0 Å². The van der Waals surface area contributed by atoms with Gasteiger partial charge in [0.2, 0.25) is 0 Å². The van der Waals surface area contributed by atoms with E-state index in [1.165, 1.54) is 10.9 Å². The third kappa shape index (κ3) is 4.58. The minimum atomic E-state index is -0.214. The number of fused-ring (bicyclic) bond motifs is 2. The standard InChI is InChI=1S/C31H28FN3O2S/c1-20-25(23-11-3-6-14-27(23)35(20)19-21-9-2-5-13-26(21)32)18-34-31-29(24-12-4-7-15-28(24)38-31)30(36)33-17-22-10-8-16-37-22/h2-3,5-6,8-11,13-14,16,18H,4,7,12,15,17,19H2,1H3,(H,33,36)/b34-18+. The van der Waals surface area contributed by atoms with E-state index in [0.29, 0.717) is 30.0 Å². The zero-order chi connectivity index (χ0) is 26.1. The van der Waals surface area contributed by atoms with Gasteiger partial charge in [-0.1, -0.05) is 36.4 Å². The molecule has 0 bridgehead atoms. The first-order chi connectivity index (χ1) is 18.6. The number of carbonyl (C=O) groups is 1. The Kier molecular flexibility index (Phi) is 6.68. The highest BCUT2D eigenvalue weighted by Crippen LogP contribution is 2.40. The van der Waals surface area contributed by atoms with Gasteiger partial charge >= 0.3 is 0 Å². The van der Waals surface area contributed by atoms with Gasteiger partial charge in [0.25, 0.3) is 5.91 Å². The predicted molar refractivity (Wildman–Crippen MR) is 150 cm³/mol. The Morgan fingerprint density at radius 1 is 1.11 bits per heavy atom. The predicted octanol–water partition coefficient (Wildman–Crippen LogP) is 7.35. The number of amides is 1. The number of hydrogen-bond donors (Lipinski definition) is 1. The Bertz CT molecular complexity index is 1650. The summed E-state index contributed by atoms with van der Waals surface area (Å²) in [5.41, 5.74) is 5.45. The lowest BCUT2D eigenvalue weighted by molar-refractivity contribution is 0.0948. The van der Waals surface area contributed by atoms with Crippen LogP contribution in [0, 0.1) is 12.7 Å². The van der Waals surface area contributed by atoms with Crippen molar-refractivity contribution in [2.45, 2.75) is 45.7 Å². The van der Waals surface area contributed by atoms with Crippen molar-refractivity contribution in [3.05, 3.63) is 111 Å². The monoisotopic (exact) mass is 525 g/mol. The fourth-order valence-corrected chi connectivity index (χ4v) is 6.52. The molecule has 2 aromatic carbocycles. The van der Waals surface area contributed by atoms with Crippen LogP contribution in [0.1, 0.15) is 56.2 Å². The van der Waals surface area contributed by atoms with E-state index in [4.69, 9.17) is 9.41 Å². The quantitative estimate of drug-likeness (QED) is 0.226. The highest BCUT2D eigenvalue weighted by atomic mass is 32.1. The van der Waals surface area contributed by atoms with Crippen LogP contribution in [0.3, 0.4) is 0 Å². The minimum Gasteiger partial charge on any atom is -0.467 e. The fraction of sp³-hybridized carbons (Fsp3) is 0.226. The number of halogens is 1. The SMILES string of the molecule is Cc1c(/C=N/c2sc3c(c2C(=O)NCc2ccco2)CCCC3)c2ccccc2n1Cc1ccccc1F. The molecule has 0 spiro atoms. The molecule has 0 saturated carbocycles. The Labute approximate surface area is 224 Å². The van der Waals surface area contributed by atoms with Gasteiger partial charge in [-0.25, -0.2) is 9.38 Å². The van der Waals surface area contributed by atoms with Crippen LogP contribution < -0.4 is 5.32 Å². The summed E-state index contributed by atoms with van der Waals surface area (Å²) in [6, 6.07) is 18.7. The smallest absolute Gasteiger partial charge is 0.255 e. The first kappa shape index (κ1) is 24.4. The number of para-hydroxylation sites is 1. The summed E-state index contributed by atoms with van der Waals surface area (Å²) in [4.78, 5) is 19.5. The summed E-state index contributed by atoms with van der Waals surface area (Å²) in [7, 11) is 0. The van der Waals surface area contributed by atoms with Crippen molar-refractivity contribution < 1.29 is 13.6 Å². The topological polar surface area (TPSA) is 59.5 Å². The maximum absolute atomic E-state index is 14.5. The fourth-order valence-electron chi connectivity index (χ4n) is 5.29. The van der Waals surface area contributed by atoms with Gasteiger partial charge in [0.15, 0.2) is 0 Å². The molecule has 7 heteroatoms. The second-order valence-corrected chi connectivity index (χ2v) is 10.7. The van der Waals surface area contributed by atoms with Crippen LogP contribution in [0.2, 0.25) is 0 Å². The van der Waals surface area contributed by atoms with Gasteiger partial charge in [0, 0.05) is 38.8 Å². The van der Waals surface area contributed by atoms with Crippen LogP contribution >= 0.6 is 11.3 Å². The minimum absolute atomic E-state index is 0.119. The Morgan fingerprint density at radius 2 is 1.92 bits per heavy atom. The van der Waals surface area contributed by atoms with Crippen LogP contribution in [0.15, 0.2) is 76.3 Å². The highest BCUT2D eigenvalue weighted by Gasteiger charge is 2.25. The molecule has 192 valence electrons. The van der Waals surface area contributed by atoms with Crippen LogP contribution in [0.5, 0.6) is 0 Å². The molecule has 3 heterocycles. The molecule has 0 saturated heterocycles. The maximum Gasteiger partial charge on any atom is 0.255 e. The van der Waals surface area contributed by atoms with Gasteiger partial charge in [0.1, 0.15) is 16.6 Å². The van der Waals surface area contributed by atoms with E-state index in [-0.39, 0.29) is 11.7 Å². The van der Waals surface area contributed by atoms with Crippen LogP contribution in [-0.2, 0) is 25.9 Å². The van der Waals surface area contributed by atoms with Gasteiger partial charge < -0.3 is 14.3 Å². The molecule has 6 rings (SSSR count). The molecule has 5 nitrogen and oxygen atoms in total. The van der Waals surface area contributed by atoms with Crippen LogP contribution in [0.4, 0.5) is 9.39 Å². The summed E-state index contributed by atoms with van der Waals surface area (Å²) >= 11 is 1.62. The summed E-state index contributed by atoms with van der Waals surface area (Å²) in [6.07, 6.45) is 7.56. The number of nitrogens with zero attached hydrogens (tertiary/aromatic N) is 2. The van der Waals surface area contributed by atoms with Gasteiger partial charge in [-0.05, 0) is 62.4 Å². The van der Waals surface area contributed by atoms with Gasteiger partial charge in [-0.2, -0.15) is 0 Å². The Morgan fingerprint density at radius 3 is 2.76 bits per heavy atom. The largest absolute Gasteiger partial charge is 0.467 e. The molecular weight excluding hydrogens is 497 g/mol. The van der Waals surface area contributed by atoms with Crippen molar-refractivity contribution >= 4 is 39.4 Å². The first-order valence-corrected chi connectivity index (χ1v) is 13.7. The Hall–Kier alpha value is -3.97. The normalized spacial score (nSPS) is 13.3. The number of aromatic nitrogens is 1. The molecule has 3 aromatic heterocycles. The van der Waals surface area contributed by atoms with E-state index in [9.17, 15) is 9.18 Å². The Balaban J connectivity index is 1.37. The number of benzene rings is 2. The van der Waals surface area contributed by atoms with E-state index in [0.717, 1.165) is 58.4 Å². The van der Waals surface area contributed by atoms with Crippen molar-refractivity contribution in [1.82, 2.24) is 9.88 Å². The molecule has 1 aliphatic rings.